The number of halogens is 2. The van der Waals surface area contributed by atoms with Crippen LogP contribution in [0.1, 0.15) is 48.2 Å². The normalized spacial score (nSPS) is 12.2. The van der Waals surface area contributed by atoms with E-state index >= 15 is 0 Å². The maximum atomic E-state index is 13.5. The lowest BCUT2D eigenvalue weighted by Crippen LogP contribution is -2.51. The van der Waals surface area contributed by atoms with Gasteiger partial charge >= 0.3 is 0 Å². The second-order valence-electron chi connectivity index (χ2n) is 10.8. The van der Waals surface area contributed by atoms with E-state index in [-0.39, 0.29) is 24.3 Å². The molecule has 7 nitrogen and oxygen atoms in total. The van der Waals surface area contributed by atoms with Crippen LogP contribution in [-0.4, -0.2) is 38.1 Å². The molecule has 0 unspecified atom stereocenters. The molecule has 4 aromatic rings. The zero-order valence-electron chi connectivity index (χ0n) is 24.8. The summed E-state index contributed by atoms with van der Waals surface area (Å²) in [6.07, 6.45) is 4.50. The summed E-state index contributed by atoms with van der Waals surface area (Å²) >= 11 is 18.8. The van der Waals surface area contributed by atoms with Crippen LogP contribution in [0, 0.1) is 17.2 Å². The highest BCUT2D eigenvalue weighted by molar-refractivity contribution is 7.80. The van der Waals surface area contributed by atoms with Crippen LogP contribution in [0.3, 0.4) is 0 Å². The smallest absolute Gasteiger partial charge is 0.226 e. The maximum absolute atomic E-state index is 13.5. The van der Waals surface area contributed by atoms with Gasteiger partial charge in [-0.25, -0.2) is 4.98 Å². The van der Waals surface area contributed by atoms with E-state index in [4.69, 9.17) is 40.7 Å². The molecule has 4 rings (SSSR count). The number of carbonyl (C=O) groups is 1. The first-order valence-corrected chi connectivity index (χ1v) is 15.7. The SMILES string of the molecule is CC[C@H](C)[C@@H](CN(Cc1cccc(Cl)c1Cl)C(=S)NCc1ccccc1)NC(=O)Cc1cncn1Cc1ccc(C#N)cc1. The van der Waals surface area contributed by atoms with Crippen molar-refractivity contribution in [3.05, 3.63) is 123 Å². The van der Waals surface area contributed by atoms with E-state index in [1.165, 1.54) is 0 Å². The molecule has 0 spiro atoms. The van der Waals surface area contributed by atoms with Gasteiger partial charge in [-0.2, -0.15) is 5.26 Å². The molecule has 0 fully saturated rings. The molecule has 1 heterocycles. The molecule has 0 aliphatic rings. The Morgan fingerprint density at radius 1 is 1.07 bits per heavy atom. The van der Waals surface area contributed by atoms with Crippen LogP contribution in [-0.2, 0) is 30.8 Å². The van der Waals surface area contributed by atoms with Crippen LogP contribution in [0.2, 0.25) is 10.0 Å². The lowest BCUT2D eigenvalue weighted by atomic mass is 9.98. The van der Waals surface area contributed by atoms with Gasteiger partial charge < -0.3 is 20.1 Å². The molecule has 0 aliphatic heterocycles. The minimum absolute atomic E-state index is 0.0965. The Morgan fingerprint density at radius 2 is 1.82 bits per heavy atom. The molecule has 10 heteroatoms. The highest BCUT2D eigenvalue weighted by atomic mass is 35.5. The van der Waals surface area contributed by atoms with Gasteiger partial charge in [0.1, 0.15) is 0 Å². The van der Waals surface area contributed by atoms with E-state index in [0.29, 0.717) is 46.9 Å². The zero-order valence-corrected chi connectivity index (χ0v) is 27.2. The first-order valence-electron chi connectivity index (χ1n) is 14.5. The number of thiocarbonyl (C=S) groups is 1. The Morgan fingerprint density at radius 3 is 2.52 bits per heavy atom. The van der Waals surface area contributed by atoms with E-state index in [0.717, 1.165) is 28.8 Å². The number of nitriles is 1. The summed E-state index contributed by atoms with van der Waals surface area (Å²) in [7, 11) is 0. The second kappa shape index (κ2) is 16.2. The number of aromatic nitrogens is 2. The van der Waals surface area contributed by atoms with E-state index < -0.39 is 0 Å². The Labute approximate surface area is 274 Å². The van der Waals surface area contributed by atoms with Crippen LogP contribution >= 0.6 is 35.4 Å². The molecule has 1 amide bonds. The molecule has 0 saturated carbocycles. The summed E-state index contributed by atoms with van der Waals surface area (Å²) in [5.41, 5.74) is 4.39. The van der Waals surface area contributed by atoms with Gasteiger partial charge in [0, 0.05) is 44.1 Å². The molecule has 44 heavy (non-hydrogen) atoms. The topological polar surface area (TPSA) is 86.0 Å². The van der Waals surface area contributed by atoms with Crippen molar-refractivity contribution in [2.24, 2.45) is 5.92 Å². The van der Waals surface area contributed by atoms with E-state index in [1.54, 1.807) is 30.7 Å². The van der Waals surface area contributed by atoms with Gasteiger partial charge in [0.15, 0.2) is 5.11 Å². The number of benzene rings is 3. The van der Waals surface area contributed by atoms with Crippen LogP contribution in [0.15, 0.2) is 85.3 Å². The lowest BCUT2D eigenvalue weighted by molar-refractivity contribution is -0.121. The zero-order chi connectivity index (χ0) is 31.5. The van der Waals surface area contributed by atoms with Gasteiger partial charge in [0.25, 0.3) is 0 Å². The maximum Gasteiger partial charge on any atom is 0.226 e. The standard InChI is InChI=1S/C34H36Cl2N6OS/c1-3-24(2)31(40-32(43)16-29-19-38-23-42(29)20-27-14-12-25(17-37)13-15-27)22-41(21-28-10-7-11-30(35)33(28)36)34(44)39-18-26-8-5-4-6-9-26/h4-15,19,23-24,31H,3,16,18,20-22H2,1-2H3,(H,39,44)(H,40,43)/t24-,31+/m0/s1. The fourth-order valence-corrected chi connectivity index (χ4v) is 5.40. The molecule has 1 aromatic heterocycles. The second-order valence-corrected chi connectivity index (χ2v) is 12.0. The molecule has 2 atom stereocenters. The summed E-state index contributed by atoms with van der Waals surface area (Å²) in [5.74, 6) is 0.0811. The third-order valence-electron chi connectivity index (χ3n) is 7.64. The average Bonchev–Trinajstić information content (AvgIpc) is 3.47. The van der Waals surface area contributed by atoms with Gasteiger partial charge in [-0.15, -0.1) is 0 Å². The number of amides is 1. The first-order chi connectivity index (χ1) is 21.3. The highest BCUT2D eigenvalue weighted by Gasteiger charge is 2.24. The first kappa shape index (κ1) is 33.0. The minimum Gasteiger partial charge on any atom is -0.358 e. The predicted molar refractivity (Wildman–Crippen MR) is 180 cm³/mol. The van der Waals surface area contributed by atoms with Crippen molar-refractivity contribution in [2.75, 3.05) is 6.54 Å². The fraction of sp³-hybridized carbons (Fsp3) is 0.294. The summed E-state index contributed by atoms with van der Waals surface area (Å²) in [5, 5.41) is 17.3. The van der Waals surface area contributed by atoms with Crippen molar-refractivity contribution in [1.29, 1.82) is 5.26 Å². The van der Waals surface area contributed by atoms with Gasteiger partial charge in [-0.3, -0.25) is 4.79 Å². The highest BCUT2D eigenvalue weighted by Crippen LogP contribution is 2.27. The summed E-state index contributed by atoms with van der Waals surface area (Å²) in [4.78, 5) is 19.8. The average molecular weight is 648 g/mol. The molecule has 0 aliphatic carbocycles. The molecule has 0 radical (unpaired) electrons. The molecule has 2 N–H and O–H groups in total. The van der Waals surface area contributed by atoms with E-state index in [1.807, 2.05) is 64.1 Å². The number of nitrogens with one attached hydrogen (secondary N) is 2. The van der Waals surface area contributed by atoms with Crippen molar-refractivity contribution in [3.8, 4) is 6.07 Å². The van der Waals surface area contributed by atoms with Gasteiger partial charge in [0.05, 0.1) is 34.4 Å². The van der Waals surface area contributed by atoms with Gasteiger partial charge in [-0.1, -0.05) is 98.1 Å². The monoisotopic (exact) mass is 646 g/mol. The third kappa shape index (κ3) is 9.30. The Balaban J connectivity index is 1.48. The summed E-state index contributed by atoms with van der Waals surface area (Å²) in [6, 6.07) is 25.0. The number of carbonyl (C=O) groups excluding carboxylic acids is 1. The number of hydrogen-bond donors (Lipinski definition) is 2. The van der Waals surface area contributed by atoms with Crippen LogP contribution in [0.25, 0.3) is 0 Å². The van der Waals surface area contributed by atoms with Gasteiger partial charge in [-0.05, 0) is 53.0 Å². The third-order valence-corrected chi connectivity index (χ3v) is 8.90. The van der Waals surface area contributed by atoms with Crippen LogP contribution in [0.4, 0.5) is 0 Å². The van der Waals surface area contributed by atoms with Crippen molar-refractivity contribution in [1.82, 2.24) is 25.1 Å². The predicted octanol–water partition coefficient (Wildman–Crippen LogP) is 6.76. The minimum atomic E-state index is -0.183. The quantitative estimate of drug-likeness (QED) is 0.156. The van der Waals surface area contributed by atoms with Gasteiger partial charge in [0.2, 0.25) is 5.91 Å². The fourth-order valence-electron chi connectivity index (χ4n) is 4.81. The number of hydrogen-bond acceptors (Lipinski definition) is 4. The molecular formula is C34H36Cl2N6OS. The van der Waals surface area contributed by atoms with Crippen molar-refractivity contribution in [2.45, 2.75) is 52.4 Å². The molecular weight excluding hydrogens is 611 g/mol. The largest absolute Gasteiger partial charge is 0.358 e. The molecule has 228 valence electrons. The van der Waals surface area contributed by atoms with E-state index in [9.17, 15) is 4.79 Å². The number of imidazole rings is 1. The Kier molecular flexibility index (Phi) is 12.2. The number of rotatable bonds is 13. The molecule has 3 aromatic carbocycles. The van der Waals surface area contributed by atoms with Crippen molar-refractivity contribution >= 4 is 46.4 Å². The van der Waals surface area contributed by atoms with Crippen molar-refractivity contribution < 1.29 is 4.79 Å². The van der Waals surface area contributed by atoms with Crippen LogP contribution < -0.4 is 10.6 Å². The van der Waals surface area contributed by atoms with Crippen molar-refractivity contribution in [3.63, 3.8) is 0 Å². The Bertz CT molecular complexity index is 1590. The lowest BCUT2D eigenvalue weighted by Gasteiger charge is -2.33. The van der Waals surface area contributed by atoms with E-state index in [2.05, 4.69) is 35.5 Å². The Hall–Kier alpha value is -3.90. The molecule has 0 bridgehead atoms. The summed E-state index contributed by atoms with van der Waals surface area (Å²) in [6.45, 7) is 6.28. The van der Waals surface area contributed by atoms with Crippen LogP contribution in [0.5, 0.6) is 0 Å². The number of nitrogens with zero attached hydrogens (tertiary/aromatic N) is 4. The molecule has 0 saturated heterocycles. The summed E-state index contributed by atoms with van der Waals surface area (Å²) < 4.78 is 1.95.